The number of rotatable bonds is 2. The van der Waals surface area contributed by atoms with Crippen LogP contribution in [-0.2, 0) is 4.74 Å². The molecule has 0 aromatic carbocycles. The summed E-state index contributed by atoms with van der Waals surface area (Å²) in [6.45, 7) is 4.58. The second-order valence-electron chi connectivity index (χ2n) is 3.24. The highest BCUT2D eigenvalue weighted by Gasteiger charge is 2.22. The maximum atomic E-state index is 11.0. The summed E-state index contributed by atoms with van der Waals surface area (Å²) in [6, 6.07) is 2.63. The third-order valence-corrected chi connectivity index (χ3v) is 2.35. The molecule has 0 spiro atoms. The van der Waals surface area contributed by atoms with E-state index < -0.39 is 11.7 Å². The molecule has 4 nitrogen and oxygen atoms in total. The Kier molecular flexibility index (Phi) is 3.37. The van der Waals surface area contributed by atoms with Gasteiger partial charge in [0.25, 0.3) is 0 Å². The molecular formula is C10H15NO3. The first-order chi connectivity index (χ1) is 6.61. The Bertz CT molecular complexity index is 273. The summed E-state index contributed by atoms with van der Waals surface area (Å²) in [5, 5.41) is 9.82. The fourth-order valence-corrected chi connectivity index (χ4v) is 1.09. The summed E-state index contributed by atoms with van der Waals surface area (Å²) < 4.78 is 4.70. The van der Waals surface area contributed by atoms with Gasteiger partial charge in [0.1, 0.15) is 12.2 Å². The van der Waals surface area contributed by atoms with Crippen LogP contribution in [-0.4, -0.2) is 34.9 Å². The van der Waals surface area contributed by atoms with Crippen LogP contribution in [0.4, 0.5) is 4.79 Å². The van der Waals surface area contributed by atoms with Gasteiger partial charge in [0.15, 0.2) is 0 Å². The van der Waals surface area contributed by atoms with Crippen LogP contribution in [0.1, 0.15) is 26.7 Å². The molecule has 1 aliphatic heterocycles. The summed E-state index contributed by atoms with van der Waals surface area (Å²) in [7, 11) is 0. The van der Waals surface area contributed by atoms with Crippen LogP contribution < -0.4 is 0 Å². The highest BCUT2D eigenvalue weighted by atomic mass is 16.6. The van der Waals surface area contributed by atoms with E-state index in [0.717, 1.165) is 0 Å². The summed E-state index contributed by atoms with van der Waals surface area (Å²) >= 11 is 0. The third kappa shape index (κ3) is 2.39. The second kappa shape index (κ2) is 4.34. The highest BCUT2D eigenvalue weighted by Crippen LogP contribution is 2.13. The van der Waals surface area contributed by atoms with Crippen LogP contribution in [0.2, 0.25) is 0 Å². The second-order valence-corrected chi connectivity index (χ2v) is 3.24. The number of nitrogens with zero attached hydrogens (tertiary/aromatic N) is 1. The predicted octanol–water partition coefficient (Wildman–Crippen LogP) is 0.951. The topological polar surface area (TPSA) is 49.8 Å². The van der Waals surface area contributed by atoms with Crippen molar-refractivity contribution in [3.63, 3.8) is 0 Å². The van der Waals surface area contributed by atoms with Crippen LogP contribution in [0.3, 0.4) is 0 Å². The summed E-state index contributed by atoms with van der Waals surface area (Å²) in [5.41, 5.74) is -0.983. The molecule has 0 aromatic heterocycles. The minimum atomic E-state index is -0.983. The van der Waals surface area contributed by atoms with Crippen LogP contribution in [0.5, 0.6) is 0 Å². The standard InChI is InChI=1S/C10H15NO3/c1-3-10(13,4-2)5-6-11-7-8-14-9(11)12/h13H,3-4,7-8H2,1-2H3. The Balaban J connectivity index is 2.65. The molecule has 1 N–H and O–H groups in total. The van der Waals surface area contributed by atoms with Crippen molar-refractivity contribution in [3.05, 3.63) is 0 Å². The number of amides is 1. The van der Waals surface area contributed by atoms with Crippen molar-refractivity contribution in [1.29, 1.82) is 0 Å². The maximum absolute atomic E-state index is 11.0. The molecule has 0 atom stereocenters. The molecule has 1 rings (SSSR count). The van der Waals surface area contributed by atoms with Crippen molar-refractivity contribution in [2.24, 2.45) is 0 Å². The first kappa shape index (κ1) is 10.9. The number of cyclic esters (lactones) is 1. The van der Waals surface area contributed by atoms with Crippen molar-refractivity contribution >= 4 is 6.09 Å². The van der Waals surface area contributed by atoms with Gasteiger partial charge in [-0.3, -0.25) is 0 Å². The lowest BCUT2D eigenvalue weighted by molar-refractivity contribution is 0.0926. The van der Waals surface area contributed by atoms with E-state index in [4.69, 9.17) is 4.74 Å². The average Bonchev–Trinajstić information content (AvgIpc) is 2.61. The number of aliphatic hydroxyl groups is 1. The fourth-order valence-electron chi connectivity index (χ4n) is 1.09. The zero-order valence-electron chi connectivity index (χ0n) is 8.54. The SMILES string of the molecule is CCC(O)(C#CN1CCOC1=O)CC. The van der Waals surface area contributed by atoms with E-state index in [2.05, 4.69) is 12.0 Å². The van der Waals surface area contributed by atoms with Gasteiger partial charge in [0, 0.05) is 6.04 Å². The van der Waals surface area contributed by atoms with E-state index in [1.165, 1.54) is 4.90 Å². The Morgan fingerprint density at radius 2 is 2.21 bits per heavy atom. The van der Waals surface area contributed by atoms with Crippen LogP contribution >= 0.6 is 0 Å². The number of hydrogen-bond donors (Lipinski definition) is 1. The largest absolute Gasteiger partial charge is 0.447 e. The van der Waals surface area contributed by atoms with Gasteiger partial charge >= 0.3 is 6.09 Å². The van der Waals surface area contributed by atoms with Gasteiger partial charge in [0.05, 0.1) is 6.54 Å². The maximum Gasteiger partial charge on any atom is 0.421 e. The van der Waals surface area contributed by atoms with Crippen molar-refractivity contribution in [3.8, 4) is 12.0 Å². The van der Waals surface area contributed by atoms with Crippen LogP contribution in [0, 0.1) is 12.0 Å². The Labute approximate surface area is 83.8 Å². The lowest BCUT2D eigenvalue weighted by atomic mass is 9.99. The summed E-state index contributed by atoms with van der Waals surface area (Å²) in [5.74, 6) is 2.70. The predicted molar refractivity (Wildman–Crippen MR) is 51.4 cm³/mol. The highest BCUT2D eigenvalue weighted by molar-refractivity contribution is 5.71. The van der Waals surface area contributed by atoms with Gasteiger partial charge in [-0.05, 0) is 18.8 Å². The van der Waals surface area contributed by atoms with Gasteiger partial charge in [-0.25, -0.2) is 9.69 Å². The lowest BCUT2D eigenvalue weighted by Gasteiger charge is -2.17. The van der Waals surface area contributed by atoms with Gasteiger partial charge in [0.2, 0.25) is 0 Å². The molecule has 0 radical (unpaired) electrons. The zero-order valence-corrected chi connectivity index (χ0v) is 8.54. The minimum absolute atomic E-state index is 0.379. The smallest absolute Gasteiger partial charge is 0.421 e. The van der Waals surface area contributed by atoms with E-state index in [1.807, 2.05) is 13.8 Å². The van der Waals surface area contributed by atoms with Crippen molar-refractivity contribution in [2.75, 3.05) is 13.2 Å². The Hall–Kier alpha value is -1.21. The van der Waals surface area contributed by atoms with E-state index in [9.17, 15) is 9.90 Å². The van der Waals surface area contributed by atoms with Gasteiger partial charge < -0.3 is 9.84 Å². The van der Waals surface area contributed by atoms with Gasteiger partial charge in [-0.15, -0.1) is 0 Å². The number of carbonyl (C=O) groups excluding carboxylic acids is 1. The molecule has 78 valence electrons. The number of ether oxygens (including phenoxy) is 1. The quantitative estimate of drug-likeness (QED) is 0.670. The first-order valence-corrected chi connectivity index (χ1v) is 4.81. The van der Waals surface area contributed by atoms with Crippen molar-refractivity contribution in [1.82, 2.24) is 4.90 Å². The van der Waals surface area contributed by atoms with Gasteiger partial charge in [-0.1, -0.05) is 13.8 Å². The Morgan fingerprint density at radius 3 is 2.64 bits per heavy atom. The van der Waals surface area contributed by atoms with Crippen LogP contribution in [0.25, 0.3) is 0 Å². The monoisotopic (exact) mass is 197 g/mol. The first-order valence-electron chi connectivity index (χ1n) is 4.81. The zero-order chi connectivity index (χ0) is 10.6. The molecule has 1 heterocycles. The summed E-state index contributed by atoms with van der Waals surface area (Å²) in [4.78, 5) is 12.3. The molecule has 1 fully saturated rings. The van der Waals surface area contributed by atoms with E-state index in [1.54, 1.807) is 0 Å². The third-order valence-electron chi connectivity index (χ3n) is 2.35. The number of carbonyl (C=O) groups is 1. The van der Waals surface area contributed by atoms with Crippen LogP contribution in [0.15, 0.2) is 0 Å². The molecule has 1 amide bonds. The molecule has 0 unspecified atom stereocenters. The average molecular weight is 197 g/mol. The Morgan fingerprint density at radius 1 is 1.57 bits per heavy atom. The molecule has 0 aromatic rings. The number of hydrogen-bond acceptors (Lipinski definition) is 3. The lowest BCUT2D eigenvalue weighted by Crippen LogP contribution is -2.26. The minimum Gasteiger partial charge on any atom is -0.447 e. The molecule has 1 aliphatic rings. The van der Waals surface area contributed by atoms with Crippen molar-refractivity contribution < 1.29 is 14.6 Å². The van der Waals surface area contributed by atoms with E-state index >= 15 is 0 Å². The summed E-state index contributed by atoms with van der Waals surface area (Å²) in [6.07, 6.45) is 0.686. The molecule has 14 heavy (non-hydrogen) atoms. The van der Waals surface area contributed by atoms with Gasteiger partial charge in [-0.2, -0.15) is 0 Å². The van der Waals surface area contributed by atoms with E-state index in [-0.39, 0.29) is 0 Å². The van der Waals surface area contributed by atoms with E-state index in [0.29, 0.717) is 26.0 Å². The van der Waals surface area contributed by atoms with Crippen molar-refractivity contribution in [2.45, 2.75) is 32.3 Å². The molecule has 1 saturated heterocycles. The molecule has 4 heteroatoms. The molecule has 0 saturated carbocycles. The molecule has 0 aliphatic carbocycles. The fraction of sp³-hybridized carbons (Fsp3) is 0.700. The molecule has 0 bridgehead atoms. The molecular weight excluding hydrogens is 182 g/mol. The normalized spacial score (nSPS) is 16.2.